The molecule has 1 aliphatic rings. The molecule has 19 heavy (non-hydrogen) atoms. The van der Waals surface area contributed by atoms with Crippen molar-refractivity contribution < 1.29 is 9.26 Å². The van der Waals surface area contributed by atoms with E-state index < -0.39 is 0 Å². The van der Waals surface area contributed by atoms with Crippen molar-refractivity contribution >= 4 is 0 Å². The first kappa shape index (κ1) is 12.3. The van der Waals surface area contributed by atoms with Gasteiger partial charge in [0.25, 0.3) is 0 Å². The van der Waals surface area contributed by atoms with Gasteiger partial charge in [-0.3, -0.25) is 0 Å². The summed E-state index contributed by atoms with van der Waals surface area (Å²) in [5.74, 6) is 1.10. The largest absolute Gasteiger partial charge is 0.370 e. The van der Waals surface area contributed by atoms with Crippen molar-refractivity contribution in [3.63, 3.8) is 0 Å². The molecule has 0 bridgehead atoms. The van der Waals surface area contributed by atoms with E-state index in [1.807, 2.05) is 30.3 Å². The summed E-state index contributed by atoms with van der Waals surface area (Å²) >= 11 is 0. The van der Waals surface area contributed by atoms with Crippen molar-refractivity contribution in [1.82, 2.24) is 10.1 Å². The van der Waals surface area contributed by atoms with E-state index >= 15 is 0 Å². The number of hydrogen-bond donors (Lipinski definition) is 1. The zero-order valence-corrected chi connectivity index (χ0v) is 10.7. The lowest BCUT2D eigenvalue weighted by Gasteiger charge is -2.06. The van der Waals surface area contributed by atoms with Crippen molar-refractivity contribution in [2.75, 3.05) is 6.61 Å². The first-order valence-electron chi connectivity index (χ1n) is 6.57. The summed E-state index contributed by atoms with van der Waals surface area (Å²) in [5, 5.41) is 3.97. The normalized spacial score (nSPS) is 20.6. The molecule has 0 spiro atoms. The highest BCUT2D eigenvalue weighted by atomic mass is 16.5. The molecule has 5 nitrogen and oxygen atoms in total. The summed E-state index contributed by atoms with van der Waals surface area (Å²) < 4.78 is 10.8. The van der Waals surface area contributed by atoms with Crippen LogP contribution in [0.25, 0.3) is 0 Å². The van der Waals surface area contributed by atoms with Gasteiger partial charge in [0.05, 0.1) is 6.04 Å². The molecule has 1 aromatic heterocycles. The van der Waals surface area contributed by atoms with Gasteiger partial charge in [-0.15, -0.1) is 0 Å². The number of nitrogens with zero attached hydrogens (tertiary/aromatic N) is 2. The van der Waals surface area contributed by atoms with Crippen LogP contribution in [-0.4, -0.2) is 16.7 Å². The zero-order chi connectivity index (χ0) is 13.1. The maximum atomic E-state index is 6.10. The standard InChI is InChI=1S/C14H17N3O2/c15-11(9-10-5-2-1-3-6-10)14-16-13(17-19-14)12-7-4-8-18-12/h1-3,5-6,11-12H,4,7-9,15H2. The van der Waals surface area contributed by atoms with Crippen molar-refractivity contribution in [2.24, 2.45) is 5.73 Å². The fourth-order valence-corrected chi connectivity index (χ4v) is 2.27. The minimum atomic E-state index is -0.273. The fraction of sp³-hybridized carbons (Fsp3) is 0.429. The monoisotopic (exact) mass is 259 g/mol. The first-order valence-corrected chi connectivity index (χ1v) is 6.57. The molecule has 2 heterocycles. The summed E-state index contributed by atoms with van der Waals surface area (Å²) in [6, 6.07) is 9.78. The van der Waals surface area contributed by atoms with Gasteiger partial charge in [-0.05, 0) is 24.8 Å². The van der Waals surface area contributed by atoms with E-state index in [0.717, 1.165) is 25.0 Å². The second-order valence-electron chi connectivity index (χ2n) is 4.79. The highest BCUT2D eigenvalue weighted by Crippen LogP contribution is 2.27. The molecule has 0 amide bonds. The topological polar surface area (TPSA) is 74.2 Å². The molecule has 100 valence electrons. The number of benzene rings is 1. The fourth-order valence-electron chi connectivity index (χ4n) is 2.27. The van der Waals surface area contributed by atoms with Gasteiger partial charge in [-0.25, -0.2) is 0 Å². The summed E-state index contributed by atoms with van der Waals surface area (Å²) in [4.78, 5) is 4.36. The van der Waals surface area contributed by atoms with E-state index in [1.165, 1.54) is 0 Å². The van der Waals surface area contributed by atoms with Crippen molar-refractivity contribution in [1.29, 1.82) is 0 Å². The third kappa shape index (κ3) is 2.83. The Morgan fingerprint density at radius 1 is 1.32 bits per heavy atom. The van der Waals surface area contributed by atoms with Crippen LogP contribution in [0.5, 0.6) is 0 Å². The lowest BCUT2D eigenvalue weighted by molar-refractivity contribution is 0.103. The molecule has 3 rings (SSSR count). The molecule has 2 N–H and O–H groups in total. The van der Waals surface area contributed by atoms with Crippen LogP contribution in [0, 0.1) is 0 Å². The van der Waals surface area contributed by atoms with Gasteiger partial charge in [-0.2, -0.15) is 4.98 Å². The summed E-state index contributed by atoms with van der Waals surface area (Å²) in [5.41, 5.74) is 7.26. The van der Waals surface area contributed by atoms with E-state index in [2.05, 4.69) is 10.1 Å². The van der Waals surface area contributed by atoms with Crippen LogP contribution in [0.15, 0.2) is 34.9 Å². The van der Waals surface area contributed by atoms with Crippen LogP contribution in [0.3, 0.4) is 0 Å². The maximum absolute atomic E-state index is 6.10. The highest BCUT2D eigenvalue weighted by Gasteiger charge is 2.24. The number of nitrogens with two attached hydrogens (primary N) is 1. The molecule has 1 aromatic carbocycles. The van der Waals surface area contributed by atoms with Gasteiger partial charge >= 0.3 is 0 Å². The average molecular weight is 259 g/mol. The summed E-state index contributed by atoms with van der Waals surface area (Å²) in [7, 11) is 0. The minimum Gasteiger partial charge on any atom is -0.370 e. The average Bonchev–Trinajstić information content (AvgIpc) is 3.11. The predicted octanol–water partition coefficient (Wildman–Crippen LogP) is 2.16. The van der Waals surface area contributed by atoms with Gasteiger partial charge in [0.2, 0.25) is 11.7 Å². The first-order chi connectivity index (χ1) is 9.33. The maximum Gasteiger partial charge on any atom is 0.243 e. The Hall–Kier alpha value is -1.72. The molecular formula is C14H17N3O2. The highest BCUT2D eigenvalue weighted by molar-refractivity contribution is 5.16. The lowest BCUT2D eigenvalue weighted by atomic mass is 10.1. The Bertz CT molecular complexity index is 520. The van der Waals surface area contributed by atoms with E-state index in [9.17, 15) is 0 Å². The summed E-state index contributed by atoms with van der Waals surface area (Å²) in [6.07, 6.45) is 2.66. The number of ether oxygens (including phenoxy) is 1. The quantitative estimate of drug-likeness (QED) is 0.910. The Balaban J connectivity index is 1.68. The Kier molecular flexibility index (Phi) is 3.57. The van der Waals surface area contributed by atoms with E-state index in [0.29, 0.717) is 18.1 Å². The zero-order valence-electron chi connectivity index (χ0n) is 10.7. The van der Waals surface area contributed by atoms with Gasteiger partial charge in [0.1, 0.15) is 6.10 Å². The van der Waals surface area contributed by atoms with Gasteiger partial charge < -0.3 is 15.0 Å². The third-order valence-corrected chi connectivity index (χ3v) is 3.29. The molecule has 2 aromatic rings. The predicted molar refractivity (Wildman–Crippen MR) is 69.3 cm³/mol. The Morgan fingerprint density at radius 2 is 2.16 bits per heavy atom. The van der Waals surface area contributed by atoms with Crippen LogP contribution in [0.4, 0.5) is 0 Å². The third-order valence-electron chi connectivity index (χ3n) is 3.29. The molecule has 2 unspecified atom stereocenters. The number of rotatable bonds is 4. The Labute approximate surface area is 111 Å². The smallest absolute Gasteiger partial charge is 0.243 e. The van der Waals surface area contributed by atoms with E-state index in [4.69, 9.17) is 15.0 Å². The number of aromatic nitrogens is 2. The van der Waals surface area contributed by atoms with Gasteiger partial charge in [0.15, 0.2) is 0 Å². The van der Waals surface area contributed by atoms with Crippen molar-refractivity contribution in [3.05, 3.63) is 47.6 Å². The molecular weight excluding hydrogens is 242 g/mol. The molecule has 1 fully saturated rings. The van der Waals surface area contributed by atoms with E-state index in [1.54, 1.807) is 0 Å². The molecule has 1 saturated heterocycles. The second-order valence-corrected chi connectivity index (χ2v) is 4.79. The SMILES string of the molecule is NC(Cc1ccccc1)c1nc(C2CCCO2)no1. The van der Waals surface area contributed by atoms with Crippen LogP contribution in [-0.2, 0) is 11.2 Å². The van der Waals surface area contributed by atoms with Gasteiger partial charge in [0, 0.05) is 6.61 Å². The van der Waals surface area contributed by atoms with Crippen LogP contribution in [0.2, 0.25) is 0 Å². The Morgan fingerprint density at radius 3 is 2.89 bits per heavy atom. The molecule has 0 aliphatic carbocycles. The van der Waals surface area contributed by atoms with Crippen LogP contribution >= 0.6 is 0 Å². The van der Waals surface area contributed by atoms with Gasteiger partial charge in [-0.1, -0.05) is 35.5 Å². The minimum absolute atomic E-state index is 0.0265. The second kappa shape index (κ2) is 5.50. The summed E-state index contributed by atoms with van der Waals surface area (Å²) in [6.45, 7) is 0.768. The van der Waals surface area contributed by atoms with Crippen LogP contribution < -0.4 is 5.73 Å². The van der Waals surface area contributed by atoms with Crippen molar-refractivity contribution in [2.45, 2.75) is 31.4 Å². The van der Waals surface area contributed by atoms with Crippen molar-refractivity contribution in [3.8, 4) is 0 Å². The molecule has 0 radical (unpaired) electrons. The molecule has 5 heteroatoms. The number of hydrogen-bond acceptors (Lipinski definition) is 5. The lowest BCUT2D eigenvalue weighted by Crippen LogP contribution is -2.14. The molecule has 1 aliphatic heterocycles. The molecule has 0 saturated carbocycles. The van der Waals surface area contributed by atoms with E-state index in [-0.39, 0.29) is 12.1 Å². The molecule has 2 atom stereocenters. The van der Waals surface area contributed by atoms with Crippen LogP contribution in [0.1, 0.15) is 42.3 Å².